The van der Waals surface area contributed by atoms with Gasteiger partial charge in [0.1, 0.15) is 19.3 Å². The number of rotatable bonds is 9. The average Bonchev–Trinajstić information content (AvgIpc) is 2.73. The van der Waals surface area contributed by atoms with Gasteiger partial charge < -0.3 is 20.1 Å². The van der Waals surface area contributed by atoms with E-state index in [4.69, 9.17) is 9.47 Å². The summed E-state index contributed by atoms with van der Waals surface area (Å²) < 4.78 is 10.5. The minimum absolute atomic E-state index is 0.0569. The van der Waals surface area contributed by atoms with E-state index in [1.54, 1.807) is 0 Å². The third-order valence-electron chi connectivity index (χ3n) is 4.19. The molecule has 0 fully saturated rings. The molecule has 2 amide bonds. The van der Waals surface area contributed by atoms with Crippen molar-refractivity contribution in [2.75, 3.05) is 0 Å². The maximum Gasteiger partial charge on any atom is 0.408 e. The van der Waals surface area contributed by atoms with Crippen LogP contribution in [-0.2, 0) is 32.3 Å². The third kappa shape index (κ3) is 9.80. The lowest BCUT2D eigenvalue weighted by Gasteiger charge is -2.22. The molecule has 2 N–H and O–H groups in total. The zero-order valence-electron chi connectivity index (χ0n) is 18.2. The van der Waals surface area contributed by atoms with Gasteiger partial charge in [-0.3, -0.25) is 4.79 Å². The van der Waals surface area contributed by atoms with Crippen molar-refractivity contribution in [2.24, 2.45) is 0 Å². The summed E-state index contributed by atoms with van der Waals surface area (Å²) in [6, 6.07) is 17.4. The van der Waals surface area contributed by atoms with E-state index in [2.05, 4.69) is 10.6 Å². The maximum absolute atomic E-state index is 12.6. The predicted molar refractivity (Wildman–Crippen MR) is 117 cm³/mol. The highest BCUT2D eigenvalue weighted by Gasteiger charge is 2.25. The Labute approximate surface area is 183 Å². The van der Waals surface area contributed by atoms with Gasteiger partial charge in [0.05, 0.1) is 0 Å². The van der Waals surface area contributed by atoms with Crippen molar-refractivity contribution in [1.82, 2.24) is 10.6 Å². The molecule has 0 radical (unpaired) electrons. The minimum atomic E-state index is -1.00. The summed E-state index contributed by atoms with van der Waals surface area (Å²) in [5.41, 5.74) is 1.26. The summed E-state index contributed by atoms with van der Waals surface area (Å²) in [4.78, 5) is 37.0. The van der Waals surface area contributed by atoms with Crippen molar-refractivity contribution in [3.63, 3.8) is 0 Å². The largest absolute Gasteiger partial charge is 0.459 e. The first-order chi connectivity index (χ1) is 14.7. The number of benzene rings is 2. The summed E-state index contributed by atoms with van der Waals surface area (Å²) in [7, 11) is 0. The van der Waals surface area contributed by atoms with Gasteiger partial charge in [0.15, 0.2) is 0 Å². The van der Waals surface area contributed by atoms with Gasteiger partial charge in [0.2, 0.25) is 5.91 Å². The summed E-state index contributed by atoms with van der Waals surface area (Å²) in [5.74, 6) is -0.836. The Morgan fingerprint density at radius 2 is 1.35 bits per heavy atom. The van der Waals surface area contributed by atoms with Crippen molar-refractivity contribution in [3.8, 4) is 0 Å². The van der Waals surface area contributed by atoms with Crippen LogP contribution in [0.15, 0.2) is 60.7 Å². The van der Waals surface area contributed by atoms with Crippen LogP contribution in [0.5, 0.6) is 0 Å². The van der Waals surface area contributed by atoms with E-state index < -0.39 is 18.1 Å². The molecule has 7 heteroatoms. The standard InChI is InChI=1S/C24H30N2O5/c1-24(2,3)26-21(27)15-14-20(22(28)30-16-18-10-6-4-7-11-18)25-23(29)31-17-19-12-8-5-9-13-19/h4-13,20H,14-17H2,1-3H3,(H,25,29)(H,26,27). The number of nitrogens with one attached hydrogen (secondary N) is 2. The Hall–Kier alpha value is -3.35. The van der Waals surface area contributed by atoms with E-state index in [0.29, 0.717) is 0 Å². The van der Waals surface area contributed by atoms with Gasteiger partial charge in [-0.25, -0.2) is 9.59 Å². The molecule has 0 bridgehead atoms. The monoisotopic (exact) mass is 426 g/mol. The van der Waals surface area contributed by atoms with Gasteiger partial charge in [0.25, 0.3) is 0 Å². The molecular weight excluding hydrogens is 396 g/mol. The van der Waals surface area contributed by atoms with Crippen molar-refractivity contribution in [3.05, 3.63) is 71.8 Å². The van der Waals surface area contributed by atoms with Gasteiger partial charge in [-0.05, 0) is 38.3 Å². The molecule has 0 aliphatic heterocycles. The van der Waals surface area contributed by atoms with Gasteiger partial charge >= 0.3 is 12.1 Å². The van der Waals surface area contributed by atoms with Crippen molar-refractivity contribution in [1.29, 1.82) is 0 Å². The number of carbonyl (C=O) groups excluding carboxylic acids is 3. The fraction of sp³-hybridized carbons (Fsp3) is 0.375. The van der Waals surface area contributed by atoms with Crippen LogP contribution >= 0.6 is 0 Å². The van der Waals surface area contributed by atoms with E-state index >= 15 is 0 Å². The van der Waals surface area contributed by atoms with E-state index in [0.717, 1.165) is 11.1 Å². The highest BCUT2D eigenvalue weighted by Crippen LogP contribution is 2.08. The molecule has 1 atom stereocenters. The molecule has 31 heavy (non-hydrogen) atoms. The van der Waals surface area contributed by atoms with Crippen LogP contribution in [-0.4, -0.2) is 29.6 Å². The molecule has 0 aromatic heterocycles. The van der Waals surface area contributed by atoms with Crippen LogP contribution < -0.4 is 10.6 Å². The molecule has 0 aliphatic carbocycles. The smallest absolute Gasteiger partial charge is 0.408 e. The Morgan fingerprint density at radius 3 is 1.87 bits per heavy atom. The molecule has 7 nitrogen and oxygen atoms in total. The second kappa shape index (κ2) is 11.7. The number of carbonyl (C=O) groups is 3. The van der Waals surface area contributed by atoms with E-state index in [-0.39, 0.29) is 37.5 Å². The summed E-state index contributed by atoms with van der Waals surface area (Å²) >= 11 is 0. The van der Waals surface area contributed by atoms with Gasteiger partial charge in [0, 0.05) is 12.0 Å². The van der Waals surface area contributed by atoms with Crippen LogP contribution in [0, 0.1) is 0 Å². The summed E-state index contributed by atoms with van der Waals surface area (Å²) in [5, 5.41) is 5.36. The molecule has 2 aromatic carbocycles. The Balaban J connectivity index is 1.93. The predicted octanol–water partition coefficient (Wildman–Crippen LogP) is 3.72. The van der Waals surface area contributed by atoms with E-state index in [1.165, 1.54) is 0 Å². The normalized spacial score (nSPS) is 11.8. The molecular formula is C24H30N2O5. The number of alkyl carbamates (subject to hydrolysis) is 1. The molecule has 0 aliphatic rings. The Bertz CT molecular complexity index is 847. The van der Waals surface area contributed by atoms with Crippen molar-refractivity contribution >= 4 is 18.0 Å². The van der Waals surface area contributed by atoms with Crippen LogP contribution in [0.25, 0.3) is 0 Å². The molecule has 0 heterocycles. The molecule has 1 unspecified atom stereocenters. The maximum atomic E-state index is 12.6. The fourth-order valence-corrected chi connectivity index (χ4v) is 2.74. The molecule has 0 saturated carbocycles. The van der Waals surface area contributed by atoms with Crippen LogP contribution in [0.1, 0.15) is 44.7 Å². The fourth-order valence-electron chi connectivity index (χ4n) is 2.74. The van der Waals surface area contributed by atoms with Gasteiger partial charge in [-0.2, -0.15) is 0 Å². The lowest BCUT2D eigenvalue weighted by Crippen LogP contribution is -2.44. The van der Waals surface area contributed by atoms with Crippen LogP contribution in [0.4, 0.5) is 4.79 Å². The number of hydrogen-bond donors (Lipinski definition) is 2. The second-order valence-electron chi connectivity index (χ2n) is 8.19. The summed E-state index contributed by atoms with van der Waals surface area (Å²) in [6.45, 7) is 5.76. The first-order valence-corrected chi connectivity index (χ1v) is 10.2. The van der Waals surface area contributed by atoms with E-state index in [9.17, 15) is 14.4 Å². The highest BCUT2D eigenvalue weighted by molar-refractivity contribution is 5.83. The lowest BCUT2D eigenvalue weighted by molar-refractivity contribution is -0.147. The van der Waals surface area contributed by atoms with Gasteiger partial charge in [-0.15, -0.1) is 0 Å². The zero-order valence-corrected chi connectivity index (χ0v) is 18.2. The second-order valence-corrected chi connectivity index (χ2v) is 8.19. The topological polar surface area (TPSA) is 93.7 Å². The zero-order chi connectivity index (χ0) is 22.7. The quantitative estimate of drug-likeness (QED) is 0.596. The highest BCUT2D eigenvalue weighted by atomic mass is 16.6. The van der Waals surface area contributed by atoms with Crippen molar-refractivity contribution in [2.45, 2.75) is 58.4 Å². The number of amides is 2. The SMILES string of the molecule is CC(C)(C)NC(=O)CCC(NC(=O)OCc1ccccc1)C(=O)OCc1ccccc1. The first kappa shape index (κ1) is 23.9. The molecule has 0 saturated heterocycles. The summed E-state index contributed by atoms with van der Waals surface area (Å²) in [6.07, 6.45) is -0.598. The van der Waals surface area contributed by atoms with Crippen LogP contribution in [0.2, 0.25) is 0 Å². The van der Waals surface area contributed by atoms with Gasteiger partial charge in [-0.1, -0.05) is 60.7 Å². The number of ether oxygens (including phenoxy) is 2. The molecule has 2 aromatic rings. The average molecular weight is 427 g/mol. The molecule has 166 valence electrons. The minimum Gasteiger partial charge on any atom is -0.459 e. The Kier molecular flexibility index (Phi) is 9.06. The molecule has 2 rings (SSSR count). The first-order valence-electron chi connectivity index (χ1n) is 10.2. The lowest BCUT2D eigenvalue weighted by atomic mass is 10.1. The van der Waals surface area contributed by atoms with E-state index in [1.807, 2.05) is 81.4 Å². The third-order valence-corrected chi connectivity index (χ3v) is 4.19. The Morgan fingerprint density at radius 1 is 0.839 bits per heavy atom. The molecule has 0 spiro atoms. The van der Waals surface area contributed by atoms with Crippen LogP contribution in [0.3, 0.4) is 0 Å². The number of esters is 1. The van der Waals surface area contributed by atoms with Crippen molar-refractivity contribution < 1.29 is 23.9 Å². The number of hydrogen-bond acceptors (Lipinski definition) is 5.